The summed E-state index contributed by atoms with van der Waals surface area (Å²) >= 11 is 0. The van der Waals surface area contributed by atoms with Crippen molar-refractivity contribution in [2.24, 2.45) is 0 Å². The van der Waals surface area contributed by atoms with E-state index in [9.17, 15) is 18.9 Å². The van der Waals surface area contributed by atoms with Crippen molar-refractivity contribution >= 4 is 11.4 Å². The fraction of sp³-hybridized carbons (Fsp3) is 0.0769. The summed E-state index contributed by atoms with van der Waals surface area (Å²) in [5.41, 5.74) is 0.638. The Bertz CT molecular complexity index is 600. The van der Waals surface area contributed by atoms with E-state index >= 15 is 0 Å². The number of nitrogens with zero attached hydrogens (tertiary/aromatic N) is 1. The van der Waals surface area contributed by atoms with Gasteiger partial charge in [-0.3, -0.25) is 10.1 Å². The maximum atomic E-state index is 13.6. The predicted molar refractivity (Wildman–Crippen MR) is 66.8 cm³/mol. The summed E-state index contributed by atoms with van der Waals surface area (Å²) < 4.78 is 26.2. The fourth-order valence-corrected chi connectivity index (χ4v) is 1.56. The van der Waals surface area contributed by atoms with Crippen LogP contribution in [0, 0.1) is 21.7 Å². The van der Waals surface area contributed by atoms with Crippen LogP contribution in [-0.4, -0.2) is 4.92 Å². The number of non-ortho nitro benzene ring substituents is 1. The Kier molecular flexibility index (Phi) is 3.70. The van der Waals surface area contributed by atoms with Crippen LogP contribution in [0.15, 0.2) is 42.5 Å². The molecular formula is C13H10F2N2O2. The van der Waals surface area contributed by atoms with E-state index in [1.54, 1.807) is 12.1 Å². The smallest absolute Gasteiger partial charge is 0.272 e. The summed E-state index contributed by atoms with van der Waals surface area (Å²) in [6, 6.07) is 9.14. The van der Waals surface area contributed by atoms with Crippen molar-refractivity contribution in [2.45, 2.75) is 6.54 Å². The van der Waals surface area contributed by atoms with E-state index in [0.29, 0.717) is 6.54 Å². The van der Waals surface area contributed by atoms with Crippen molar-refractivity contribution in [1.29, 1.82) is 0 Å². The van der Waals surface area contributed by atoms with E-state index in [1.165, 1.54) is 24.3 Å². The minimum atomic E-state index is -0.698. The van der Waals surface area contributed by atoms with E-state index < -0.39 is 10.7 Å². The van der Waals surface area contributed by atoms with E-state index in [-0.39, 0.29) is 17.2 Å². The quantitative estimate of drug-likeness (QED) is 0.679. The molecule has 0 aliphatic heterocycles. The Morgan fingerprint density at radius 2 is 1.79 bits per heavy atom. The van der Waals surface area contributed by atoms with E-state index in [0.717, 1.165) is 11.6 Å². The highest BCUT2D eigenvalue weighted by atomic mass is 19.1. The number of hydrogen-bond donors (Lipinski definition) is 1. The van der Waals surface area contributed by atoms with Crippen molar-refractivity contribution in [2.75, 3.05) is 5.32 Å². The first-order chi connectivity index (χ1) is 9.06. The topological polar surface area (TPSA) is 55.2 Å². The van der Waals surface area contributed by atoms with Crippen LogP contribution in [0.5, 0.6) is 0 Å². The third kappa shape index (κ3) is 3.25. The second-order valence-corrected chi connectivity index (χ2v) is 3.90. The Morgan fingerprint density at radius 3 is 2.37 bits per heavy atom. The Labute approximate surface area is 107 Å². The number of hydrogen-bond acceptors (Lipinski definition) is 3. The van der Waals surface area contributed by atoms with Gasteiger partial charge >= 0.3 is 0 Å². The highest BCUT2D eigenvalue weighted by Gasteiger charge is 2.10. The molecule has 2 aromatic rings. The summed E-state index contributed by atoms with van der Waals surface area (Å²) in [7, 11) is 0. The molecule has 0 amide bonds. The number of halogens is 2. The highest BCUT2D eigenvalue weighted by molar-refractivity contribution is 5.50. The first-order valence-corrected chi connectivity index (χ1v) is 5.48. The second kappa shape index (κ2) is 5.43. The van der Waals surface area contributed by atoms with E-state index in [4.69, 9.17) is 0 Å². The molecule has 0 unspecified atom stereocenters. The lowest BCUT2D eigenvalue weighted by Gasteiger charge is -2.07. The number of rotatable bonds is 4. The molecule has 0 fully saturated rings. The Hall–Kier alpha value is -2.50. The minimum Gasteiger partial charge on any atom is -0.379 e. The molecule has 6 heteroatoms. The average Bonchev–Trinajstić information content (AvgIpc) is 2.39. The van der Waals surface area contributed by atoms with Gasteiger partial charge in [-0.1, -0.05) is 12.1 Å². The van der Waals surface area contributed by atoms with Gasteiger partial charge in [0.1, 0.15) is 5.82 Å². The molecule has 0 aromatic heterocycles. The highest BCUT2D eigenvalue weighted by Crippen LogP contribution is 2.21. The lowest BCUT2D eigenvalue weighted by molar-refractivity contribution is -0.385. The third-order valence-electron chi connectivity index (χ3n) is 2.56. The molecule has 0 bridgehead atoms. The van der Waals surface area contributed by atoms with Crippen molar-refractivity contribution in [1.82, 2.24) is 0 Å². The molecule has 0 aliphatic rings. The SMILES string of the molecule is O=[N+]([O-])c1ccc(NCc2ccc(F)cc2)c(F)c1. The zero-order chi connectivity index (χ0) is 13.8. The molecule has 4 nitrogen and oxygen atoms in total. The van der Waals surface area contributed by atoms with Gasteiger partial charge in [-0.15, -0.1) is 0 Å². The van der Waals surface area contributed by atoms with E-state index in [2.05, 4.69) is 5.32 Å². The number of nitrogens with one attached hydrogen (secondary N) is 1. The second-order valence-electron chi connectivity index (χ2n) is 3.90. The molecule has 98 valence electrons. The van der Waals surface area contributed by atoms with Gasteiger partial charge < -0.3 is 5.32 Å². The third-order valence-corrected chi connectivity index (χ3v) is 2.56. The zero-order valence-electron chi connectivity index (χ0n) is 9.77. The van der Waals surface area contributed by atoms with Crippen LogP contribution in [0.25, 0.3) is 0 Å². The van der Waals surface area contributed by atoms with Gasteiger partial charge in [-0.25, -0.2) is 8.78 Å². The summed E-state index contributed by atoms with van der Waals surface area (Å²) in [6.07, 6.45) is 0. The molecule has 0 heterocycles. The molecule has 19 heavy (non-hydrogen) atoms. The molecule has 2 rings (SSSR count). The van der Waals surface area contributed by atoms with Crippen LogP contribution in [-0.2, 0) is 6.54 Å². The molecule has 0 spiro atoms. The van der Waals surface area contributed by atoms with Crippen molar-refractivity contribution in [3.63, 3.8) is 0 Å². The average molecular weight is 264 g/mol. The Morgan fingerprint density at radius 1 is 1.11 bits per heavy atom. The molecule has 1 N–H and O–H groups in total. The van der Waals surface area contributed by atoms with Crippen LogP contribution in [0.4, 0.5) is 20.2 Å². The largest absolute Gasteiger partial charge is 0.379 e. The van der Waals surface area contributed by atoms with Crippen LogP contribution in [0.3, 0.4) is 0 Å². The number of nitro benzene ring substituents is 1. The fourth-order valence-electron chi connectivity index (χ4n) is 1.56. The number of nitro groups is 1. The molecule has 0 aliphatic carbocycles. The van der Waals surface area contributed by atoms with Crippen LogP contribution in [0.2, 0.25) is 0 Å². The minimum absolute atomic E-state index is 0.162. The lowest BCUT2D eigenvalue weighted by atomic mass is 10.2. The van der Waals surface area contributed by atoms with Crippen molar-refractivity contribution in [3.05, 3.63) is 69.8 Å². The van der Waals surface area contributed by atoms with Crippen LogP contribution >= 0.6 is 0 Å². The normalized spacial score (nSPS) is 10.2. The van der Waals surface area contributed by atoms with Gasteiger partial charge in [0.25, 0.3) is 5.69 Å². The van der Waals surface area contributed by atoms with Gasteiger partial charge in [-0.2, -0.15) is 0 Å². The van der Waals surface area contributed by atoms with Gasteiger partial charge in [0.05, 0.1) is 16.7 Å². The first kappa shape index (κ1) is 12.9. The molecule has 0 atom stereocenters. The maximum absolute atomic E-state index is 13.6. The monoisotopic (exact) mass is 264 g/mol. The standard InChI is InChI=1S/C13H10F2N2O2/c14-10-3-1-9(2-4-10)8-16-13-6-5-11(17(18)19)7-12(13)15/h1-7,16H,8H2. The molecule has 0 saturated heterocycles. The Balaban J connectivity index is 2.07. The summed E-state index contributed by atoms with van der Waals surface area (Å²) in [6.45, 7) is 0.301. The number of anilines is 1. The van der Waals surface area contributed by atoms with Gasteiger partial charge in [0.15, 0.2) is 5.82 Å². The summed E-state index contributed by atoms with van der Waals surface area (Å²) in [5.74, 6) is -1.04. The summed E-state index contributed by atoms with van der Waals surface area (Å²) in [4.78, 5) is 9.80. The van der Waals surface area contributed by atoms with Crippen molar-refractivity contribution in [3.8, 4) is 0 Å². The summed E-state index contributed by atoms with van der Waals surface area (Å²) in [5, 5.41) is 13.3. The first-order valence-electron chi connectivity index (χ1n) is 5.48. The predicted octanol–water partition coefficient (Wildman–Crippen LogP) is 3.49. The van der Waals surface area contributed by atoms with Gasteiger partial charge in [-0.05, 0) is 23.8 Å². The van der Waals surface area contributed by atoms with Crippen LogP contribution < -0.4 is 5.32 Å². The zero-order valence-corrected chi connectivity index (χ0v) is 9.77. The molecule has 2 aromatic carbocycles. The molecular weight excluding hydrogens is 254 g/mol. The van der Waals surface area contributed by atoms with Crippen molar-refractivity contribution < 1.29 is 13.7 Å². The van der Waals surface area contributed by atoms with Gasteiger partial charge in [0, 0.05) is 12.6 Å². The lowest BCUT2D eigenvalue weighted by Crippen LogP contribution is -2.02. The molecule has 0 saturated carbocycles. The van der Waals surface area contributed by atoms with Gasteiger partial charge in [0.2, 0.25) is 0 Å². The molecule has 0 radical (unpaired) electrons. The maximum Gasteiger partial charge on any atom is 0.272 e. The van der Waals surface area contributed by atoms with E-state index in [1.807, 2.05) is 0 Å². The van der Waals surface area contributed by atoms with Crippen LogP contribution in [0.1, 0.15) is 5.56 Å². The number of benzene rings is 2.